The number of carbonyl (C=O) groups excluding carboxylic acids is 2. The van der Waals surface area contributed by atoms with E-state index in [0.29, 0.717) is 23.6 Å². The molecule has 5 aromatic rings. The van der Waals surface area contributed by atoms with Crippen molar-refractivity contribution >= 4 is 58.9 Å². The van der Waals surface area contributed by atoms with E-state index in [1.807, 2.05) is 38.1 Å². The normalized spacial score (nSPS) is 11.1. The van der Waals surface area contributed by atoms with Crippen molar-refractivity contribution in [3.8, 4) is 17.3 Å². The number of ether oxygens (including phenoxy) is 1. The first-order valence-electron chi connectivity index (χ1n) is 13.4. The van der Waals surface area contributed by atoms with Crippen molar-refractivity contribution in [1.29, 1.82) is 0 Å². The molecular weight excluding hydrogens is 610 g/mol. The van der Waals surface area contributed by atoms with Gasteiger partial charge < -0.3 is 30.0 Å². The van der Waals surface area contributed by atoms with E-state index in [9.17, 15) is 14.7 Å². The molecule has 0 saturated carbocycles. The third-order valence-electron chi connectivity index (χ3n) is 5.95. The first-order valence-corrected chi connectivity index (χ1v) is 14.6. The molecule has 0 aliphatic heterocycles. The molecule has 0 fully saturated rings. The number of primary amides is 1. The van der Waals surface area contributed by atoms with Gasteiger partial charge in [0.2, 0.25) is 17.7 Å². The summed E-state index contributed by atoms with van der Waals surface area (Å²) < 4.78 is 15.1. The molecule has 3 heterocycles. The highest BCUT2D eigenvalue weighted by Crippen LogP contribution is 2.33. The van der Waals surface area contributed by atoms with Gasteiger partial charge in [0, 0.05) is 17.1 Å². The third kappa shape index (κ3) is 7.48. The fourth-order valence-corrected chi connectivity index (χ4v) is 4.83. The van der Waals surface area contributed by atoms with Gasteiger partial charge in [0.25, 0.3) is 11.7 Å². The molecule has 5 rings (SSSR count). The molecule has 3 aromatic heterocycles. The minimum atomic E-state index is -0.771. The summed E-state index contributed by atoms with van der Waals surface area (Å²) >= 11 is 7.23. The van der Waals surface area contributed by atoms with E-state index in [2.05, 4.69) is 35.4 Å². The number of carbonyl (C=O) groups is 2. The summed E-state index contributed by atoms with van der Waals surface area (Å²) in [7, 11) is 0. The topological polar surface area (TPSA) is 195 Å². The maximum atomic E-state index is 12.4. The van der Waals surface area contributed by atoms with Crippen LogP contribution in [0.1, 0.15) is 29.8 Å². The molecule has 0 saturated heterocycles. The maximum absolute atomic E-state index is 12.4. The average Bonchev–Trinajstić information content (AvgIpc) is 3.68. The van der Waals surface area contributed by atoms with Crippen LogP contribution in [0.3, 0.4) is 0 Å². The SMILES string of the molecule is CC(C)COC(=O)Nc1nc(NCCc2ccc(NSc3cc(Cl)c(O)c(C(N)=O)c3)cc2)nc2nc(-c3ccco3)nn12. The number of nitrogens with two attached hydrogens (primary N) is 1. The second-order valence-electron chi connectivity index (χ2n) is 9.86. The van der Waals surface area contributed by atoms with Gasteiger partial charge >= 0.3 is 6.09 Å². The van der Waals surface area contributed by atoms with Gasteiger partial charge in [-0.3, -0.25) is 10.1 Å². The quantitative estimate of drug-likeness (QED) is 0.112. The number of hydrogen-bond donors (Lipinski definition) is 5. The van der Waals surface area contributed by atoms with Crippen LogP contribution in [0.2, 0.25) is 5.02 Å². The third-order valence-corrected chi connectivity index (χ3v) is 7.05. The molecule has 0 unspecified atom stereocenters. The zero-order valence-electron chi connectivity index (χ0n) is 23.6. The average molecular weight is 638 g/mol. The molecule has 228 valence electrons. The molecule has 0 atom stereocenters. The monoisotopic (exact) mass is 637 g/mol. The second kappa shape index (κ2) is 13.5. The molecule has 6 N–H and O–H groups in total. The molecule has 2 aromatic carbocycles. The number of furan rings is 1. The summed E-state index contributed by atoms with van der Waals surface area (Å²) in [4.78, 5) is 37.8. The van der Waals surface area contributed by atoms with Gasteiger partial charge in [0.15, 0.2) is 5.76 Å². The Bertz CT molecular complexity index is 1780. The first-order chi connectivity index (χ1) is 21.2. The van der Waals surface area contributed by atoms with E-state index < -0.39 is 12.0 Å². The van der Waals surface area contributed by atoms with E-state index in [1.54, 1.807) is 12.1 Å². The Morgan fingerprint density at radius 1 is 1.16 bits per heavy atom. The first kappa shape index (κ1) is 30.4. The van der Waals surface area contributed by atoms with Gasteiger partial charge in [0.05, 0.1) is 23.5 Å². The number of phenols is 1. The van der Waals surface area contributed by atoms with Crippen LogP contribution in [0.15, 0.2) is 64.1 Å². The van der Waals surface area contributed by atoms with Gasteiger partial charge in [-0.25, -0.2) is 4.79 Å². The van der Waals surface area contributed by atoms with Crippen LogP contribution >= 0.6 is 23.5 Å². The summed E-state index contributed by atoms with van der Waals surface area (Å²) in [5, 5.41) is 20.1. The molecule has 0 aliphatic rings. The number of halogens is 1. The van der Waals surface area contributed by atoms with E-state index in [0.717, 1.165) is 11.3 Å². The van der Waals surface area contributed by atoms with Crippen LogP contribution in [0, 0.1) is 5.92 Å². The second-order valence-corrected chi connectivity index (χ2v) is 11.1. The summed E-state index contributed by atoms with van der Waals surface area (Å²) in [5.74, 6) is 0.314. The van der Waals surface area contributed by atoms with Crippen molar-refractivity contribution in [3.05, 3.63) is 70.9 Å². The Balaban J connectivity index is 1.22. The number of nitrogens with zero attached hydrogens (tertiary/aromatic N) is 5. The number of nitrogens with one attached hydrogen (secondary N) is 3. The van der Waals surface area contributed by atoms with E-state index in [1.165, 1.54) is 34.9 Å². The van der Waals surface area contributed by atoms with Crippen LogP contribution in [0.25, 0.3) is 17.4 Å². The van der Waals surface area contributed by atoms with Gasteiger partial charge in [-0.1, -0.05) is 37.6 Å². The van der Waals surface area contributed by atoms with Crippen LogP contribution in [0.5, 0.6) is 5.75 Å². The Labute approximate surface area is 260 Å². The number of aromatic hydroxyl groups is 1. The van der Waals surface area contributed by atoms with E-state index >= 15 is 0 Å². The number of anilines is 3. The van der Waals surface area contributed by atoms with Crippen molar-refractivity contribution < 1.29 is 23.8 Å². The van der Waals surface area contributed by atoms with E-state index in [4.69, 9.17) is 26.5 Å². The number of aromatic nitrogens is 5. The highest BCUT2D eigenvalue weighted by Gasteiger charge is 2.18. The predicted octanol–water partition coefficient (Wildman–Crippen LogP) is 5.22. The summed E-state index contributed by atoms with van der Waals surface area (Å²) in [6.45, 7) is 4.60. The smallest absolute Gasteiger partial charge is 0.414 e. The van der Waals surface area contributed by atoms with Crippen molar-refractivity contribution in [2.75, 3.05) is 28.5 Å². The number of rotatable bonds is 12. The van der Waals surface area contributed by atoms with Crippen molar-refractivity contribution in [2.45, 2.75) is 25.2 Å². The zero-order valence-corrected chi connectivity index (χ0v) is 25.1. The molecule has 0 bridgehead atoms. The molecule has 0 radical (unpaired) electrons. The Morgan fingerprint density at radius 2 is 1.95 bits per heavy atom. The fraction of sp³-hybridized carbons (Fsp3) is 0.214. The van der Waals surface area contributed by atoms with Gasteiger partial charge in [-0.15, -0.1) is 5.10 Å². The molecular formula is C28H28ClN9O5S. The van der Waals surface area contributed by atoms with Crippen LogP contribution in [-0.2, 0) is 11.2 Å². The molecule has 0 aliphatic carbocycles. The lowest BCUT2D eigenvalue weighted by molar-refractivity contribution is 0.0997. The highest BCUT2D eigenvalue weighted by atomic mass is 35.5. The molecule has 16 heteroatoms. The van der Waals surface area contributed by atoms with Crippen LogP contribution < -0.4 is 21.1 Å². The van der Waals surface area contributed by atoms with Gasteiger partial charge in [-0.05, 0) is 66.2 Å². The standard InChI is InChI=1S/C28H28ClN9O5S/c1-15(2)14-43-28(41)35-27-34-25(33-26-32-24(36-38(26)27)21-4-3-11-42-21)31-10-9-16-5-7-17(8-6-16)37-44-18-12-19(23(30)40)22(39)20(29)13-18/h3-8,11-13,15,37,39H,9-10,14H2,1-2H3,(H2,30,40)(H2,31,32,33,34,35,36,41). The van der Waals surface area contributed by atoms with E-state index in [-0.39, 0.29) is 52.4 Å². The summed E-state index contributed by atoms with van der Waals surface area (Å²) in [6.07, 6.45) is 1.48. The molecule has 44 heavy (non-hydrogen) atoms. The van der Waals surface area contributed by atoms with Gasteiger partial charge in [-0.2, -0.15) is 19.5 Å². The predicted molar refractivity (Wildman–Crippen MR) is 166 cm³/mol. The minimum absolute atomic E-state index is 0.0347. The molecule has 2 amide bonds. The lowest BCUT2D eigenvalue weighted by Gasteiger charge is -2.11. The minimum Gasteiger partial charge on any atom is -0.506 e. The number of benzene rings is 2. The van der Waals surface area contributed by atoms with Crippen molar-refractivity contribution in [3.63, 3.8) is 0 Å². The Morgan fingerprint density at radius 3 is 2.66 bits per heavy atom. The Hall–Kier alpha value is -5.02. The summed E-state index contributed by atoms with van der Waals surface area (Å²) in [6, 6.07) is 14.2. The maximum Gasteiger partial charge on any atom is 0.414 e. The van der Waals surface area contributed by atoms with Crippen LogP contribution in [-0.4, -0.2) is 54.8 Å². The summed E-state index contributed by atoms with van der Waals surface area (Å²) in [5.41, 5.74) is 7.11. The Kier molecular flexibility index (Phi) is 9.35. The zero-order chi connectivity index (χ0) is 31.2. The highest BCUT2D eigenvalue weighted by molar-refractivity contribution is 8.00. The largest absolute Gasteiger partial charge is 0.506 e. The number of hydrogen-bond acceptors (Lipinski definition) is 12. The molecule has 0 spiro atoms. The van der Waals surface area contributed by atoms with Crippen molar-refractivity contribution in [1.82, 2.24) is 24.6 Å². The molecule has 14 nitrogen and oxygen atoms in total. The van der Waals surface area contributed by atoms with Crippen molar-refractivity contribution in [2.24, 2.45) is 11.7 Å². The van der Waals surface area contributed by atoms with Crippen LogP contribution in [0.4, 0.5) is 22.4 Å². The number of amides is 2. The van der Waals surface area contributed by atoms with Gasteiger partial charge in [0.1, 0.15) is 5.75 Å². The number of fused-ring (bicyclic) bond motifs is 1. The lowest BCUT2D eigenvalue weighted by atomic mass is 10.1. The lowest BCUT2D eigenvalue weighted by Crippen LogP contribution is -2.20. The fourth-order valence-electron chi connectivity index (χ4n) is 3.82.